The van der Waals surface area contributed by atoms with Crippen molar-refractivity contribution in [3.8, 4) is 0 Å². The van der Waals surface area contributed by atoms with E-state index in [9.17, 15) is 4.79 Å². The number of carbonyl (C=O) groups excluding carboxylic acids is 1. The highest BCUT2D eigenvalue weighted by Gasteiger charge is 2.20. The number of amides is 1. The second-order valence-electron chi connectivity index (χ2n) is 6.15. The molecule has 0 unspecified atom stereocenters. The van der Waals surface area contributed by atoms with Crippen LogP contribution in [-0.4, -0.2) is 68.8 Å². The minimum Gasteiger partial charge on any atom is -0.349 e. The van der Waals surface area contributed by atoms with E-state index in [1.165, 1.54) is 0 Å². The van der Waals surface area contributed by atoms with Crippen molar-refractivity contribution in [3.63, 3.8) is 0 Å². The van der Waals surface area contributed by atoms with Crippen LogP contribution in [0.2, 0.25) is 0 Å². The van der Waals surface area contributed by atoms with Crippen LogP contribution in [0.5, 0.6) is 0 Å². The fourth-order valence-corrected chi connectivity index (χ4v) is 4.02. The van der Waals surface area contributed by atoms with E-state index in [1.807, 2.05) is 12.3 Å². The largest absolute Gasteiger partial charge is 0.349 e. The summed E-state index contributed by atoms with van der Waals surface area (Å²) in [6, 6.07) is 1.82. The number of anilines is 1. The molecule has 25 heavy (non-hydrogen) atoms. The zero-order valence-electron chi connectivity index (χ0n) is 14.0. The highest BCUT2D eigenvalue weighted by molar-refractivity contribution is 7.99. The van der Waals surface area contributed by atoms with Gasteiger partial charge in [0, 0.05) is 57.1 Å². The molecule has 132 valence electrons. The van der Waals surface area contributed by atoms with Crippen LogP contribution in [0.4, 0.5) is 5.95 Å². The highest BCUT2D eigenvalue weighted by atomic mass is 32.2. The van der Waals surface area contributed by atoms with E-state index in [1.54, 1.807) is 24.2 Å². The molecule has 0 aliphatic carbocycles. The molecule has 0 atom stereocenters. The summed E-state index contributed by atoms with van der Waals surface area (Å²) in [5.41, 5.74) is 0.932. The summed E-state index contributed by atoms with van der Waals surface area (Å²) in [4.78, 5) is 29.6. The number of aromatic nitrogens is 4. The lowest BCUT2D eigenvalue weighted by molar-refractivity contribution is -0.122. The molecule has 0 saturated carbocycles. The first-order valence-corrected chi connectivity index (χ1v) is 9.46. The normalized spacial score (nSPS) is 17.5. The molecule has 2 aromatic heterocycles. The maximum absolute atomic E-state index is 12.2. The monoisotopic (exact) mass is 359 g/mol. The van der Waals surface area contributed by atoms with Gasteiger partial charge in [-0.15, -0.1) is 0 Å². The third-order valence-corrected chi connectivity index (χ3v) is 5.37. The van der Waals surface area contributed by atoms with Gasteiger partial charge in [0.1, 0.15) is 0 Å². The molecule has 0 spiro atoms. The molecule has 0 bridgehead atoms. The van der Waals surface area contributed by atoms with Gasteiger partial charge in [0.05, 0.1) is 18.8 Å². The van der Waals surface area contributed by atoms with E-state index in [0.29, 0.717) is 13.1 Å². The van der Waals surface area contributed by atoms with Gasteiger partial charge in [0.15, 0.2) is 5.16 Å². The van der Waals surface area contributed by atoms with E-state index in [-0.39, 0.29) is 5.91 Å². The molecular formula is C16H21N7OS. The average molecular weight is 359 g/mol. The molecule has 1 fully saturated rings. The zero-order valence-corrected chi connectivity index (χ0v) is 14.8. The Labute approximate surface area is 150 Å². The van der Waals surface area contributed by atoms with Gasteiger partial charge in [-0.1, -0.05) is 11.8 Å². The zero-order chi connectivity index (χ0) is 17.1. The maximum Gasteiger partial charge on any atom is 0.234 e. The van der Waals surface area contributed by atoms with E-state index >= 15 is 0 Å². The molecule has 8 nitrogen and oxygen atoms in total. The van der Waals surface area contributed by atoms with Crippen molar-refractivity contribution >= 4 is 23.6 Å². The highest BCUT2D eigenvalue weighted by Crippen LogP contribution is 2.24. The lowest BCUT2D eigenvalue weighted by Gasteiger charge is -2.34. The lowest BCUT2D eigenvalue weighted by Crippen LogP contribution is -2.49. The number of hydrogen-bond donors (Lipinski definition) is 1. The Bertz CT molecular complexity index is 706. The Hall–Kier alpha value is -2.13. The minimum atomic E-state index is 0.0465. The molecule has 1 N–H and O–H groups in total. The van der Waals surface area contributed by atoms with Crippen LogP contribution in [0.1, 0.15) is 5.69 Å². The molecule has 1 amide bonds. The van der Waals surface area contributed by atoms with Crippen LogP contribution in [0.15, 0.2) is 29.8 Å². The number of thioether (sulfide) groups is 1. The molecule has 4 heterocycles. The number of nitrogens with one attached hydrogen (secondary N) is 1. The standard InChI is InChI=1S/C16H21N7OS/c24-14(19-10-13-11-23-8-9-25-16(23)20-13)12-21-4-6-22(7-5-21)15-17-2-1-3-18-15/h1-3,11H,4-10,12H2,(H,19,24). The minimum absolute atomic E-state index is 0.0465. The summed E-state index contributed by atoms with van der Waals surface area (Å²) < 4.78 is 2.15. The van der Waals surface area contributed by atoms with Crippen LogP contribution in [0.25, 0.3) is 0 Å². The fourth-order valence-electron chi connectivity index (χ4n) is 3.06. The average Bonchev–Trinajstić information content (AvgIpc) is 3.23. The first kappa shape index (κ1) is 16.3. The van der Waals surface area contributed by atoms with Gasteiger partial charge in [-0.3, -0.25) is 9.69 Å². The molecule has 2 aliphatic rings. The summed E-state index contributed by atoms with van der Waals surface area (Å²) >= 11 is 1.77. The van der Waals surface area contributed by atoms with E-state index < -0.39 is 0 Å². The molecule has 2 aromatic rings. The SMILES string of the molecule is O=C(CN1CCN(c2ncccn2)CC1)NCc1cn2c(n1)SCC2. The fraction of sp³-hybridized carbons (Fsp3) is 0.500. The molecule has 2 aliphatic heterocycles. The van der Waals surface area contributed by atoms with Gasteiger partial charge in [0.25, 0.3) is 0 Å². The smallest absolute Gasteiger partial charge is 0.234 e. The van der Waals surface area contributed by atoms with Gasteiger partial charge in [0.2, 0.25) is 11.9 Å². The molecular weight excluding hydrogens is 338 g/mol. The third kappa shape index (κ3) is 3.93. The number of piperazine rings is 1. The van der Waals surface area contributed by atoms with Crippen LogP contribution in [0.3, 0.4) is 0 Å². The summed E-state index contributed by atoms with van der Waals surface area (Å²) in [5.74, 6) is 1.90. The predicted molar refractivity (Wildman–Crippen MR) is 95.5 cm³/mol. The van der Waals surface area contributed by atoms with Crippen LogP contribution >= 0.6 is 11.8 Å². The van der Waals surface area contributed by atoms with E-state index in [0.717, 1.165) is 55.3 Å². The second-order valence-corrected chi connectivity index (χ2v) is 7.21. The molecule has 0 radical (unpaired) electrons. The number of imidazole rings is 1. The molecule has 4 rings (SSSR count). The van der Waals surface area contributed by atoms with Crippen molar-refractivity contribution in [1.82, 2.24) is 29.7 Å². The van der Waals surface area contributed by atoms with Crippen molar-refractivity contribution < 1.29 is 4.79 Å². The number of fused-ring (bicyclic) bond motifs is 1. The van der Waals surface area contributed by atoms with E-state index in [2.05, 4.69) is 34.6 Å². The first-order valence-electron chi connectivity index (χ1n) is 8.48. The summed E-state index contributed by atoms with van der Waals surface area (Å²) in [6.45, 7) is 5.27. The second kappa shape index (κ2) is 7.40. The van der Waals surface area contributed by atoms with Gasteiger partial charge in [-0.2, -0.15) is 0 Å². The van der Waals surface area contributed by atoms with Crippen molar-refractivity contribution in [2.75, 3.05) is 43.4 Å². The Kier molecular flexibility index (Phi) is 4.84. The van der Waals surface area contributed by atoms with Gasteiger partial charge in [-0.05, 0) is 6.07 Å². The number of rotatable bonds is 5. The lowest BCUT2D eigenvalue weighted by atomic mass is 10.3. The Morgan fingerprint density at radius 3 is 2.72 bits per heavy atom. The van der Waals surface area contributed by atoms with Crippen LogP contribution < -0.4 is 10.2 Å². The first-order chi connectivity index (χ1) is 12.3. The number of nitrogens with zero attached hydrogens (tertiary/aromatic N) is 6. The number of aryl methyl sites for hydroxylation is 1. The van der Waals surface area contributed by atoms with E-state index in [4.69, 9.17) is 0 Å². The Balaban J connectivity index is 1.21. The summed E-state index contributed by atoms with van der Waals surface area (Å²) in [6.07, 6.45) is 5.55. The maximum atomic E-state index is 12.2. The summed E-state index contributed by atoms with van der Waals surface area (Å²) in [5, 5.41) is 4.03. The van der Waals surface area contributed by atoms with Crippen LogP contribution in [0, 0.1) is 0 Å². The number of carbonyl (C=O) groups is 1. The molecule has 1 saturated heterocycles. The van der Waals surface area contributed by atoms with Gasteiger partial charge in [-0.25, -0.2) is 15.0 Å². The summed E-state index contributed by atoms with van der Waals surface area (Å²) in [7, 11) is 0. The van der Waals surface area contributed by atoms with Crippen LogP contribution in [-0.2, 0) is 17.9 Å². The van der Waals surface area contributed by atoms with Crippen molar-refractivity contribution in [1.29, 1.82) is 0 Å². The van der Waals surface area contributed by atoms with Gasteiger partial charge < -0.3 is 14.8 Å². The Morgan fingerprint density at radius 2 is 1.96 bits per heavy atom. The molecule has 0 aromatic carbocycles. The van der Waals surface area contributed by atoms with Crippen molar-refractivity contribution in [2.45, 2.75) is 18.2 Å². The quantitative estimate of drug-likeness (QED) is 0.818. The third-order valence-electron chi connectivity index (χ3n) is 4.39. The van der Waals surface area contributed by atoms with Crippen molar-refractivity contribution in [2.24, 2.45) is 0 Å². The molecule has 9 heteroatoms. The van der Waals surface area contributed by atoms with Gasteiger partial charge >= 0.3 is 0 Å². The predicted octanol–water partition coefficient (Wildman–Crippen LogP) is 0.217. The van der Waals surface area contributed by atoms with Crippen molar-refractivity contribution in [3.05, 3.63) is 30.4 Å². The number of hydrogen-bond acceptors (Lipinski definition) is 7. The topological polar surface area (TPSA) is 79.2 Å². The Morgan fingerprint density at radius 1 is 1.16 bits per heavy atom.